The van der Waals surface area contributed by atoms with Gasteiger partial charge in [0.15, 0.2) is 35.7 Å². The maximum absolute atomic E-state index is 13.3. The van der Waals surface area contributed by atoms with Crippen LogP contribution in [0, 0.1) is 0 Å². The number of hydrogen-bond donors (Lipinski definition) is 3. The van der Waals surface area contributed by atoms with E-state index in [-0.39, 0.29) is 53.6 Å². The number of piperidine rings is 1. The van der Waals surface area contributed by atoms with Crippen LogP contribution in [-0.4, -0.2) is 145 Å². The maximum Gasteiger partial charge on any atom is 0.274 e. The Labute approximate surface area is 349 Å². The van der Waals surface area contributed by atoms with Crippen LogP contribution < -0.4 is 26.3 Å². The molecule has 1 atom stereocenters. The second-order valence-corrected chi connectivity index (χ2v) is 18.9. The van der Waals surface area contributed by atoms with E-state index in [2.05, 4.69) is 15.3 Å². The molecule has 3 aliphatic heterocycles. The van der Waals surface area contributed by atoms with Crippen LogP contribution in [0.15, 0.2) is 48.5 Å². The summed E-state index contributed by atoms with van der Waals surface area (Å²) in [6.07, 6.45) is 5.35. The van der Waals surface area contributed by atoms with Crippen molar-refractivity contribution in [3.63, 3.8) is 0 Å². The van der Waals surface area contributed by atoms with E-state index >= 15 is 0 Å². The van der Waals surface area contributed by atoms with Crippen LogP contribution in [0.4, 0.5) is 11.6 Å². The maximum atomic E-state index is 13.3. The molecule has 0 bridgehead atoms. The minimum absolute atomic E-state index is 0.0274. The van der Waals surface area contributed by atoms with Crippen molar-refractivity contribution >= 4 is 62.6 Å². The molecular formula is C40H54ClN8O7S2+. The molecule has 58 heavy (non-hydrogen) atoms. The molecule has 0 unspecified atom stereocenters. The van der Waals surface area contributed by atoms with Gasteiger partial charge >= 0.3 is 0 Å². The van der Waals surface area contributed by atoms with Crippen molar-refractivity contribution in [2.24, 2.45) is 0 Å². The minimum Gasteiger partial charge on any atom is -0.484 e. The van der Waals surface area contributed by atoms with E-state index in [0.29, 0.717) is 60.7 Å². The molecule has 0 saturated carbocycles. The zero-order valence-electron chi connectivity index (χ0n) is 32.8. The number of ether oxygens (including phenoxy) is 2. The standard InChI is InChI=1S/C40H53ClN8O7S2/c41-37-39(43)46-38(42)36(45-37)40(52)44-31-6-3-21-49(26-31,19-1-4-29-7-11-32(12-8-29)55-27-34(50)47-15-22-57(53)23-16-47)20-2-5-30-9-13-33(14-10-30)56-28-35(51)48-17-24-58(54)25-18-48/h7-14,31H,1-6,15-28H2,(H4-,42,43,44,46,52)/p+1/t31-/m0/s1. The summed E-state index contributed by atoms with van der Waals surface area (Å²) in [5.74, 6) is 2.62. The highest BCUT2D eigenvalue weighted by molar-refractivity contribution is 7.85. The van der Waals surface area contributed by atoms with E-state index < -0.39 is 27.5 Å². The summed E-state index contributed by atoms with van der Waals surface area (Å²) in [6.45, 7) is 5.50. The Hall–Kier alpha value is -4.32. The topological polar surface area (TPSA) is 200 Å². The van der Waals surface area contributed by atoms with E-state index in [9.17, 15) is 22.8 Å². The third kappa shape index (κ3) is 12.3. The van der Waals surface area contributed by atoms with Crippen molar-refractivity contribution in [1.82, 2.24) is 25.1 Å². The summed E-state index contributed by atoms with van der Waals surface area (Å²) in [7, 11) is -1.69. The van der Waals surface area contributed by atoms with Crippen molar-refractivity contribution in [2.45, 2.75) is 44.6 Å². The molecule has 0 aliphatic carbocycles. The molecule has 3 fully saturated rings. The minimum atomic E-state index is -0.843. The van der Waals surface area contributed by atoms with Gasteiger partial charge in [-0.25, -0.2) is 9.97 Å². The van der Waals surface area contributed by atoms with Gasteiger partial charge in [0.05, 0.1) is 32.2 Å². The summed E-state index contributed by atoms with van der Waals surface area (Å²) in [4.78, 5) is 49.9. The molecule has 0 spiro atoms. The number of halogens is 1. The molecule has 1 aromatic heterocycles. The van der Waals surface area contributed by atoms with E-state index in [1.54, 1.807) is 9.80 Å². The van der Waals surface area contributed by atoms with E-state index in [0.717, 1.165) is 69.2 Å². The SMILES string of the molecule is Nc1nc(N)c(C(=O)N[C@H]2CCC[N+](CCCc3ccc(OCC(=O)N4CCS(=O)CC4)cc3)(CCCc3ccc(OCC(=O)N4CCS(=O)CC4)cc3)C2)nc1Cl. The van der Waals surface area contributed by atoms with Gasteiger partial charge in [-0.2, -0.15) is 0 Å². The summed E-state index contributed by atoms with van der Waals surface area (Å²) in [6, 6.07) is 15.6. The zero-order valence-corrected chi connectivity index (χ0v) is 35.2. The number of aromatic nitrogens is 2. The first-order valence-corrected chi connectivity index (χ1v) is 23.2. The van der Waals surface area contributed by atoms with Crippen LogP contribution in [-0.2, 0) is 44.0 Å². The highest BCUT2D eigenvalue weighted by atomic mass is 35.5. The lowest BCUT2D eigenvalue weighted by atomic mass is 9.99. The number of aryl methyl sites for hydroxylation is 2. The van der Waals surface area contributed by atoms with Crippen LogP contribution in [0.5, 0.6) is 11.5 Å². The molecule has 4 heterocycles. The predicted octanol–water partition coefficient (Wildman–Crippen LogP) is 2.21. The van der Waals surface area contributed by atoms with Gasteiger partial charge in [-0.3, -0.25) is 22.8 Å². The fraction of sp³-hybridized carbons (Fsp3) is 0.525. The lowest BCUT2D eigenvalue weighted by Gasteiger charge is -2.45. The zero-order chi connectivity index (χ0) is 41.1. The van der Waals surface area contributed by atoms with Crippen molar-refractivity contribution in [3.8, 4) is 11.5 Å². The van der Waals surface area contributed by atoms with Gasteiger partial charge in [0, 0.05) is 83.6 Å². The number of likely N-dealkylation sites (tertiary alicyclic amines) is 1. The Morgan fingerprint density at radius 1 is 0.759 bits per heavy atom. The molecule has 314 valence electrons. The van der Waals surface area contributed by atoms with Gasteiger partial charge in [-0.05, 0) is 61.1 Å². The Bertz CT molecular complexity index is 1840. The van der Waals surface area contributed by atoms with Crippen molar-refractivity contribution in [3.05, 3.63) is 70.5 Å². The number of amides is 3. The molecule has 3 amide bonds. The highest BCUT2D eigenvalue weighted by Gasteiger charge is 2.36. The van der Waals surface area contributed by atoms with Gasteiger partial charge in [0.2, 0.25) is 0 Å². The molecule has 0 radical (unpaired) electrons. The number of hydrogen-bond acceptors (Lipinski definition) is 11. The normalized spacial score (nSPS) is 18.7. The van der Waals surface area contributed by atoms with Crippen LogP contribution in [0.2, 0.25) is 5.15 Å². The number of rotatable bonds is 16. The molecule has 3 aliphatic rings. The molecule has 5 N–H and O–H groups in total. The largest absolute Gasteiger partial charge is 0.484 e. The number of nitrogens with two attached hydrogens (primary N) is 2. The van der Waals surface area contributed by atoms with E-state index in [1.807, 2.05) is 48.5 Å². The van der Waals surface area contributed by atoms with Crippen molar-refractivity contribution in [1.29, 1.82) is 0 Å². The van der Waals surface area contributed by atoms with Gasteiger partial charge in [-0.15, -0.1) is 0 Å². The first-order valence-electron chi connectivity index (χ1n) is 19.9. The van der Waals surface area contributed by atoms with Gasteiger partial charge < -0.3 is 40.5 Å². The Kier molecular flexibility index (Phi) is 15.4. The number of nitrogens with one attached hydrogen (secondary N) is 1. The lowest BCUT2D eigenvalue weighted by molar-refractivity contribution is -0.933. The molecule has 3 aromatic rings. The third-order valence-electron chi connectivity index (χ3n) is 11.1. The number of anilines is 2. The smallest absolute Gasteiger partial charge is 0.274 e. The molecule has 15 nitrogen and oxygen atoms in total. The van der Waals surface area contributed by atoms with Crippen molar-refractivity contribution < 1.29 is 36.8 Å². The molecule has 3 saturated heterocycles. The molecule has 6 rings (SSSR count). The monoisotopic (exact) mass is 857 g/mol. The summed E-state index contributed by atoms with van der Waals surface area (Å²) >= 11 is 6.07. The Morgan fingerprint density at radius 3 is 1.72 bits per heavy atom. The average Bonchev–Trinajstić information content (AvgIpc) is 3.22. The first kappa shape index (κ1) is 43.3. The Balaban J connectivity index is 1.03. The van der Waals surface area contributed by atoms with E-state index in [1.165, 1.54) is 11.1 Å². The van der Waals surface area contributed by atoms with Crippen LogP contribution >= 0.6 is 11.6 Å². The number of quaternary nitrogens is 1. The quantitative estimate of drug-likeness (QED) is 0.179. The van der Waals surface area contributed by atoms with Crippen LogP contribution in [0.3, 0.4) is 0 Å². The number of nitrogen functional groups attached to an aromatic ring is 2. The summed E-state index contributed by atoms with van der Waals surface area (Å²) in [5.41, 5.74) is 14.0. The van der Waals surface area contributed by atoms with Crippen LogP contribution in [0.1, 0.15) is 47.3 Å². The second-order valence-electron chi connectivity index (χ2n) is 15.2. The lowest BCUT2D eigenvalue weighted by Crippen LogP contribution is -2.60. The fourth-order valence-electron chi connectivity index (χ4n) is 7.81. The highest BCUT2D eigenvalue weighted by Crippen LogP contribution is 2.25. The van der Waals surface area contributed by atoms with Gasteiger partial charge in [0.25, 0.3) is 17.7 Å². The molecular weight excluding hydrogens is 804 g/mol. The van der Waals surface area contributed by atoms with Gasteiger partial charge in [0.1, 0.15) is 11.5 Å². The molecule has 2 aromatic carbocycles. The fourth-order valence-corrected chi connectivity index (χ4v) is 10.0. The predicted molar refractivity (Wildman–Crippen MR) is 226 cm³/mol. The molecule has 18 heteroatoms. The Morgan fingerprint density at radius 2 is 1.24 bits per heavy atom. The first-order chi connectivity index (χ1) is 27.9. The number of carbonyl (C=O) groups is 3. The second kappa shape index (κ2) is 20.6. The number of nitrogens with zero attached hydrogens (tertiary/aromatic N) is 5. The van der Waals surface area contributed by atoms with E-state index in [4.69, 9.17) is 32.5 Å². The number of carbonyl (C=O) groups excluding carboxylic acids is 3. The number of benzene rings is 2. The third-order valence-corrected chi connectivity index (χ3v) is 13.9. The summed E-state index contributed by atoms with van der Waals surface area (Å²) < 4.78 is 35.7. The van der Waals surface area contributed by atoms with Crippen LogP contribution in [0.25, 0.3) is 0 Å². The van der Waals surface area contributed by atoms with Crippen molar-refractivity contribution in [2.75, 3.05) is 100 Å². The average molecular weight is 859 g/mol. The summed E-state index contributed by atoms with van der Waals surface area (Å²) in [5, 5.41) is 3.08. The van der Waals surface area contributed by atoms with Gasteiger partial charge in [-0.1, -0.05) is 35.9 Å².